The number of ether oxygens (including phenoxy) is 2. The molecular weight excluding hydrogens is 412 g/mol. The summed E-state index contributed by atoms with van der Waals surface area (Å²) in [4.78, 5) is 11.5. The molecule has 2 atom stereocenters. The summed E-state index contributed by atoms with van der Waals surface area (Å²) < 4.78 is 12.6. The molecule has 1 N–H and O–H groups in total. The van der Waals surface area contributed by atoms with Gasteiger partial charge in [0.1, 0.15) is 22.7 Å². The molecule has 186 valence electrons. The summed E-state index contributed by atoms with van der Waals surface area (Å²) in [5.74, 6) is 2.35. The van der Waals surface area contributed by atoms with Gasteiger partial charge in [0.2, 0.25) is 0 Å². The number of hydrogen-bond acceptors (Lipinski definition) is 3. The van der Waals surface area contributed by atoms with Gasteiger partial charge in [-0.3, -0.25) is 4.79 Å². The van der Waals surface area contributed by atoms with Crippen LogP contribution in [-0.2, 0) is 11.2 Å². The zero-order chi connectivity index (χ0) is 24.9. The molecule has 33 heavy (non-hydrogen) atoms. The molecule has 0 fully saturated rings. The van der Waals surface area contributed by atoms with Crippen LogP contribution in [0.5, 0.6) is 11.5 Å². The van der Waals surface area contributed by atoms with Gasteiger partial charge in [-0.1, -0.05) is 46.1 Å². The first-order chi connectivity index (χ1) is 15.2. The smallest absolute Gasteiger partial charge is 0.309 e. The van der Waals surface area contributed by atoms with Crippen LogP contribution in [-0.4, -0.2) is 22.3 Å². The minimum absolute atomic E-state index is 0.280. The lowest BCUT2D eigenvalue weighted by Crippen LogP contribution is -2.38. The van der Waals surface area contributed by atoms with Gasteiger partial charge in [-0.2, -0.15) is 0 Å². The van der Waals surface area contributed by atoms with Crippen molar-refractivity contribution < 1.29 is 19.4 Å². The fourth-order valence-electron chi connectivity index (χ4n) is 4.75. The Morgan fingerprint density at radius 1 is 1.21 bits per heavy atom. The van der Waals surface area contributed by atoms with Crippen LogP contribution in [0, 0.1) is 17.3 Å². The van der Waals surface area contributed by atoms with Gasteiger partial charge in [0.05, 0.1) is 5.41 Å². The lowest BCUT2D eigenvalue weighted by molar-refractivity contribution is -0.149. The molecule has 0 radical (unpaired) electrons. The van der Waals surface area contributed by atoms with Crippen LogP contribution in [0.25, 0.3) is 0 Å². The molecule has 0 bridgehead atoms. The summed E-state index contributed by atoms with van der Waals surface area (Å²) in [5, 5.41) is 9.45. The molecule has 1 aliphatic rings. The molecule has 0 spiro atoms. The van der Waals surface area contributed by atoms with E-state index in [1.807, 2.05) is 32.0 Å². The van der Waals surface area contributed by atoms with E-state index in [0.717, 1.165) is 42.2 Å². The van der Waals surface area contributed by atoms with E-state index in [4.69, 9.17) is 9.47 Å². The van der Waals surface area contributed by atoms with Crippen LogP contribution in [0.4, 0.5) is 0 Å². The average Bonchev–Trinajstić information content (AvgIpc) is 2.66. The highest BCUT2D eigenvalue weighted by Gasteiger charge is 2.36. The van der Waals surface area contributed by atoms with E-state index >= 15 is 0 Å². The van der Waals surface area contributed by atoms with Gasteiger partial charge in [-0.25, -0.2) is 0 Å². The number of benzene rings is 1. The van der Waals surface area contributed by atoms with Gasteiger partial charge in [0.15, 0.2) is 0 Å². The Bertz CT molecular complexity index is 821. The molecule has 0 saturated heterocycles. The number of fused-ring (bicyclic) bond motifs is 1. The predicted molar refractivity (Wildman–Crippen MR) is 136 cm³/mol. The van der Waals surface area contributed by atoms with Crippen molar-refractivity contribution in [3.8, 4) is 11.5 Å². The summed E-state index contributed by atoms with van der Waals surface area (Å²) in [6.07, 6.45) is 11.8. The number of hydrogen-bond donors (Lipinski definition) is 1. The van der Waals surface area contributed by atoms with Gasteiger partial charge in [-0.05, 0) is 95.6 Å². The van der Waals surface area contributed by atoms with Crippen LogP contribution in [0.2, 0.25) is 0 Å². The maximum atomic E-state index is 11.5. The van der Waals surface area contributed by atoms with Gasteiger partial charge in [-0.15, -0.1) is 0 Å². The van der Waals surface area contributed by atoms with Crippen molar-refractivity contribution in [1.82, 2.24) is 0 Å². The van der Waals surface area contributed by atoms with E-state index in [2.05, 4.69) is 39.8 Å². The third kappa shape index (κ3) is 8.72. The summed E-state index contributed by atoms with van der Waals surface area (Å²) >= 11 is 0. The van der Waals surface area contributed by atoms with E-state index in [0.29, 0.717) is 12.3 Å². The van der Waals surface area contributed by atoms with Crippen LogP contribution >= 0.6 is 0 Å². The van der Waals surface area contributed by atoms with Crippen molar-refractivity contribution in [2.75, 3.05) is 0 Å². The maximum Gasteiger partial charge on any atom is 0.309 e. The first-order valence-electron chi connectivity index (χ1n) is 12.6. The molecule has 1 aliphatic heterocycles. The monoisotopic (exact) mass is 458 g/mol. The Kier molecular flexibility index (Phi) is 9.07. The molecule has 4 heteroatoms. The van der Waals surface area contributed by atoms with E-state index in [9.17, 15) is 9.90 Å². The molecule has 0 amide bonds. The van der Waals surface area contributed by atoms with Crippen molar-refractivity contribution >= 4 is 5.97 Å². The first kappa shape index (κ1) is 27.3. The molecule has 0 saturated carbocycles. The third-order valence-electron chi connectivity index (χ3n) is 6.59. The molecule has 1 heterocycles. The highest BCUT2D eigenvalue weighted by atomic mass is 16.5. The first-order valence-corrected chi connectivity index (χ1v) is 12.6. The summed E-state index contributed by atoms with van der Waals surface area (Å²) in [6, 6.07) is 5.97. The Morgan fingerprint density at radius 3 is 2.55 bits per heavy atom. The number of aryl methyl sites for hydroxylation is 1. The van der Waals surface area contributed by atoms with Crippen molar-refractivity contribution in [1.29, 1.82) is 0 Å². The number of aliphatic carboxylic acids is 1. The van der Waals surface area contributed by atoms with Crippen molar-refractivity contribution in [2.45, 2.75) is 112 Å². The predicted octanol–water partition coefficient (Wildman–Crippen LogP) is 7.84. The van der Waals surface area contributed by atoms with Crippen molar-refractivity contribution in [2.24, 2.45) is 17.3 Å². The van der Waals surface area contributed by atoms with Crippen LogP contribution in [0.15, 0.2) is 30.4 Å². The molecule has 2 rings (SSSR count). The number of rotatable bonds is 12. The van der Waals surface area contributed by atoms with Crippen LogP contribution in [0.3, 0.4) is 0 Å². The lowest BCUT2D eigenvalue weighted by Gasteiger charge is -2.35. The van der Waals surface area contributed by atoms with E-state index in [1.54, 1.807) is 13.8 Å². The van der Waals surface area contributed by atoms with Gasteiger partial charge < -0.3 is 14.6 Å². The maximum absolute atomic E-state index is 11.5. The molecule has 2 unspecified atom stereocenters. The lowest BCUT2D eigenvalue weighted by atomic mass is 9.82. The van der Waals surface area contributed by atoms with Crippen LogP contribution in [0.1, 0.15) is 99.5 Å². The highest BCUT2D eigenvalue weighted by molar-refractivity contribution is 5.73. The SMILES string of the molecule is CC(C)CCCC(C)CC=CC1(C)CCc2cc(OC(C)(C)CC(C)(C)C(=O)O)ccc2O1. The number of carbonyl (C=O) groups is 1. The molecule has 1 aromatic rings. The topological polar surface area (TPSA) is 55.8 Å². The second kappa shape index (κ2) is 11.0. The summed E-state index contributed by atoms with van der Waals surface area (Å²) in [5.41, 5.74) is -0.568. The summed E-state index contributed by atoms with van der Waals surface area (Å²) in [7, 11) is 0. The zero-order valence-corrected chi connectivity index (χ0v) is 22.2. The Balaban J connectivity index is 1.95. The van der Waals surface area contributed by atoms with Gasteiger partial charge in [0.25, 0.3) is 0 Å². The number of allylic oxidation sites excluding steroid dienone is 1. The van der Waals surface area contributed by atoms with Crippen molar-refractivity contribution in [3.05, 3.63) is 35.9 Å². The summed E-state index contributed by atoms with van der Waals surface area (Å²) in [6.45, 7) is 16.4. The second-order valence-electron chi connectivity index (χ2n) is 12.0. The molecule has 0 aromatic heterocycles. The number of carboxylic acid groups (broad SMARTS) is 1. The Morgan fingerprint density at radius 2 is 1.91 bits per heavy atom. The normalized spacial score (nSPS) is 19.9. The van der Waals surface area contributed by atoms with E-state index < -0.39 is 17.0 Å². The Labute approximate surface area is 201 Å². The molecular formula is C29H46O4. The highest BCUT2D eigenvalue weighted by Crippen LogP contribution is 2.38. The Hall–Kier alpha value is -1.97. The number of carboxylic acids is 1. The van der Waals surface area contributed by atoms with Crippen LogP contribution < -0.4 is 9.47 Å². The quantitative estimate of drug-likeness (QED) is 0.324. The standard InChI is InChI=1S/C29H46O4/c1-21(2)11-9-12-22(3)13-10-17-29(8)18-16-23-19-24(14-15-25(23)33-29)32-28(6,7)20-27(4,5)26(30)31/h10,14-15,17,19,21-22H,9,11-13,16,18,20H2,1-8H3,(H,30,31). The van der Waals surface area contributed by atoms with E-state index in [-0.39, 0.29) is 5.60 Å². The van der Waals surface area contributed by atoms with Gasteiger partial charge in [0, 0.05) is 6.42 Å². The fourth-order valence-corrected chi connectivity index (χ4v) is 4.75. The minimum Gasteiger partial charge on any atom is -0.488 e. The molecule has 1 aromatic carbocycles. The van der Waals surface area contributed by atoms with Crippen molar-refractivity contribution in [3.63, 3.8) is 0 Å². The average molecular weight is 459 g/mol. The van der Waals surface area contributed by atoms with E-state index in [1.165, 1.54) is 19.3 Å². The second-order valence-corrected chi connectivity index (χ2v) is 12.0. The third-order valence-corrected chi connectivity index (χ3v) is 6.59. The molecule has 4 nitrogen and oxygen atoms in total. The zero-order valence-electron chi connectivity index (χ0n) is 22.2. The fraction of sp³-hybridized carbons (Fsp3) is 0.690. The minimum atomic E-state index is -0.846. The largest absolute Gasteiger partial charge is 0.488 e. The van der Waals surface area contributed by atoms with Gasteiger partial charge >= 0.3 is 5.97 Å². The molecule has 0 aliphatic carbocycles.